The van der Waals surface area contributed by atoms with Crippen molar-refractivity contribution in [3.05, 3.63) is 47.8 Å². The Kier molecular flexibility index (Phi) is 8.10. The molecule has 1 amide bonds. The number of esters is 1. The van der Waals surface area contributed by atoms with E-state index in [4.69, 9.17) is 19.2 Å². The number of pyridine rings is 1. The number of fused-ring (bicyclic) bond motifs is 1. The fourth-order valence-electron chi connectivity index (χ4n) is 4.40. The number of nitrogens with zero attached hydrogens (tertiary/aromatic N) is 2. The smallest absolute Gasteiger partial charge is 0.356 e. The van der Waals surface area contributed by atoms with Crippen molar-refractivity contribution < 1.29 is 23.8 Å². The van der Waals surface area contributed by atoms with Crippen LogP contribution in [-0.4, -0.2) is 48.4 Å². The van der Waals surface area contributed by atoms with Gasteiger partial charge in [-0.1, -0.05) is 32.0 Å². The van der Waals surface area contributed by atoms with Gasteiger partial charge in [0.25, 0.3) is 0 Å². The highest BCUT2D eigenvalue weighted by molar-refractivity contribution is 6.11. The van der Waals surface area contributed by atoms with E-state index in [1.54, 1.807) is 13.3 Å². The van der Waals surface area contributed by atoms with Crippen molar-refractivity contribution in [1.29, 1.82) is 0 Å². The van der Waals surface area contributed by atoms with Crippen molar-refractivity contribution >= 4 is 34.3 Å². The van der Waals surface area contributed by atoms with Gasteiger partial charge < -0.3 is 29.4 Å². The van der Waals surface area contributed by atoms with Crippen LogP contribution in [0, 0.1) is 5.92 Å². The van der Waals surface area contributed by atoms with Crippen LogP contribution in [0.3, 0.4) is 0 Å². The summed E-state index contributed by atoms with van der Waals surface area (Å²) >= 11 is 0. The molecule has 2 atom stereocenters. The summed E-state index contributed by atoms with van der Waals surface area (Å²) in [6, 6.07) is 9.69. The zero-order valence-electron chi connectivity index (χ0n) is 21.3. The third-order valence-electron chi connectivity index (χ3n) is 6.67. The molecule has 0 radical (unpaired) electrons. The molecule has 3 heterocycles. The van der Waals surface area contributed by atoms with E-state index < -0.39 is 5.97 Å². The lowest BCUT2D eigenvalue weighted by molar-refractivity contribution is -0.119. The van der Waals surface area contributed by atoms with Gasteiger partial charge in [-0.05, 0) is 31.4 Å². The number of ether oxygens (including phenoxy) is 3. The molecule has 2 N–H and O–H groups in total. The predicted octanol–water partition coefficient (Wildman–Crippen LogP) is 4.61. The molecule has 0 spiro atoms. The lowest BCUT2D eigenvalue weighted by atomic mass is 10.1. The molecule has 1 aromatic carbocycles. The summed E-state index contributed by atoms with van der Waals surface area (Å²) in [7, 11) is 2.98. The fourth-order valence-corrected chi connectivity index (χ4v) is 4.40. The predicted molar refractivity (Wildman–Crippen MR) is 138 cm³/mol. The van der Waals surface area contributed by atoms with Gasteiger partial charge in [0.15, 0.2) is 5.69 Å². The highest BCUT2D eigenvalue weighted by Crippen LogP contribution is 2.34. The molecule has 192 valence electrons. The zero-order valence-corrected chi connectivity index (χ0v) is 21.3. The quantitative estimate of drug-likeness (QED) is 0.397. The third-order valence-corrected chi connectivity index (χ3v) is 6.67. The number of para-hydroxylation sites is 1. The Morgan fingerprint density at radius 1 is 1.28 bits per heavy atom. The molecule has 9 nitrogen and oxygen atoms in total. The molecule has 1 fully saturated rings. The van der Waals surface area contributed by atoms with Gasteiger partial charge in [-0.25, -0.2) is 9.78 Å². The minimum Gasteiger partial charge on any atom is -0.496 e. The van der Waals surface area contributed by atoms with Gasteiger partial charge >= 0.3 is 5.97 Å². The van der Waals surface area contributed by atoms with E-state index in [-0.39, 0.29) is 23.6 Å². The second-order valence-corrected chi connectivity index (χ2v) is 9.02. The van der Waals surface area contributed by atoms with E-state index in [0.29, 0.717) is 42.8 Å². The SMILES string of the molecule is CCC(C)C(=O)Nc1c(C(=O)OC)n(CC2CCCO2)c2ncc(NCc3ccccc3OC)cc12. The highest BCUT2D eigenvalue weighted by atomic mass is 16.5. The van der Waals surface area contributed by atoms with Crippen molar-refractivity contribution in [3.63, 3.8) is 0 Å². The van der Waals surface area contributed by atoms with Crippen LogP contribution in [0.4, 0.5) is 11.4 Å². The van der Waals surface area contributed by atoms with Crippen molar-refractivity contribution in [2.75, 3.05) is 31.5 Å². The molecule has 0 saturated carbocycles. The van der Waals surface area contributed by atoms with E-state index in [0.717, 1.165) is 29.8 Å². The molecule has 2 unspecified atom stereocenters. The molecular weight excluding hydrogens is 460 g/mol. The van der Waals surface area contributed by atoms with Crippen LogP contribution >= 0.6 is 0 Å². The molecule has 9 heteroatoms. The summed E-state index contributed by atoms with van der Waals surface area (Å²) in [6.45, 7) is 5.47. The van der Waals surface area contributed by atoms with Crippen LogP contribution in [0.2, 0.25) is 0 Å². The summed E-state index contributed by atoms with van der Waals surface area (Å²) in [4.78, 5) is 30.6. The average molecular weight is 495 g/mol. The summed E-state index contributed by atoms with van der Waals surface area (Å²) in [5.41, 5.74) is 3.02. The Labute approximate surface area is 211 Å². The molecular formula is C27H34N4O5. The molecule has 1 aliphatic heterocycles. The number of methoxy groups -OCH3 is 2. The van der Waals surface area contributed by atoms with Crippen LogP contribution in [-0.2, 0) is 27.4 Å². The fraction of sp³-hybridized carbons (Fsp3) is 0.444. The number of rotatable bonds is 10. The number of carbonyl (C=O) groups is 2. The molecule has 1 aliphatic rings. The first-order valence-corrected chi connectivity index (χ1v) is 12.4. The summed E-state index contributed by atoms with van der Waals surface area (Å²) in [6.07, 6.45) is 4.24. The second kappa shape index (κ2) is 11.4. The standard InChI is InChI=1S/C27H34N4O5/c1-5-17(2)26(32)30-23-21-13-19(28-14-18-9-6-7-11-22(18)34-3)15-29-25(21)31(24(23)27(33)35-4)16-20-10-8-12-36-20/h6-7,9,11,13,15,17,20,28H,5,8,10,12,14,16H2,1-4H3,(H,30,32). The van der Waals surface area contributed by atoms with Gasteiger partial charge in [-0.15, -0.1) is 0 Å². The maximum Gasteiger partial charge on any atom is 0.356 e. The number of benzene rings is 1. The molecule has 3 aromatic rings. The third kappa shape index (κ3) is 5.31. The molecule has 36 heavy (non-hydrogen) atoms. The zero-order chi connectivity index (χ0) is 25.7. The highest BCUT2D eigenvalue weighted by Gasteiger charge is 2.29. The van der Waals surface area contributed by atoms with Crippen LogP contribution < -0.4 is 15.4 Å². The van der Waals surface area contributed by atoms with Crippen molar-refractivity contribution in [1.82, 2.24) is 9.55 Å². The number of carbonyl (C=O) groups excluding carboxylic acids is 2. The molecule has 2 aromatic heterocycles. The summed E-state index contributed by atoms with van der Waals surface area (Å²) in [5, 5.41) is 7.04. The second-order valence-electron chi connectivity index (χ2n) is 9.02. The van der Waals surface area contributed by atoms with E-state index >= 15 is 0 Å². The van der Waals surface area contributed by atoms with Gasteiger partial charge in [-0.2, -0.15) is 0 Å². The summed E-state index contributed by atoms with van der Waals surface area (Å²) in [5.74, 6) is -0.122. The van der Waals surface area contributed by atoms with E-state index in [9.17, 15) is 9.59 Å². The Morgan fingerprint density at radius 3 is 2.78 bits per heavy atom. The number of hydrogen-bond donors (Lipinski definition) is 2. The topological polar surface area (TPSA) is 104 Å². The lowest BCUT2D eigenvalue weighted by Crippen LogP contribution is -2.23. The van der Waals surface area contributed by atoms with Gasteiger partial charge in [0, 0.05) is 30.0 Å². The van der Waals surface area contributed by atoms with Crippen LogP contribution in [0.1, 0.15) is 49.2 Å². The molecule has 1 saturated heterocycles. The Balaban J connectivity index is 1.77. The molecule has 4 rings (SSSR count). The van der Waals surface area contributed by atoms with Crippen molar-refractivity contribution in [3.8, 4) is 5.75 Å². The largest absolute Gasteiger partial charge is 0.496 e. The van der Waals surface area contributed by atoms with Gasteiger partial charge in [0.05, 0.1) is 44.4 Å². The van der Waals surface area contributed by atoms with Gasteiger partial charge in [-0.3, -0.25) is 4.79 Å². The van der Waals surface area contributed by atoms with Gasteiger partial charge in [0.2, 0.25) is 5.91 Å². The monoisotopic (exact) mass is 494 g/mol. The number of nitrogens with one attached hydrogen (secondary N) is 2. The van der Waals surface area contributed by atoms with Crippen LogP contribution in [0.25, 0.3) is 11.0 Å². The minimum absolute atomic E-state index is 0.0349. The first-order chi connectivity index (χ1) is 17.5. The number of amides is 1. The molecule has 0 aliphatic carbocycles. The lowest BCUT2D eigenvalue weighted by Gasteiger charge is -2.15. The van der Waals surface area contributed by atoms with Crippen LogP contribution in [0.5, 0.6) is 5.75 Å². The van der Waals surface area contributed by atoms with Crippen LogP contribution in [0.15, 0.2) is 36.5 Å². The maximum absolute atomic E-state index is 13.0. The first-order valence-electron chi connectivity index (χ1n) is 12.4. The summed E-state index contributed by atoms with van der Waals surface area (Å²) < 4.78 is 18.2. The van der Waals surface area contributed by atoms with Gasteiger partial charge in [0.1, 0.15) is 11.4 Å². The van der Waals surface area contributed by atoms with E-state index in [2.05, 4.69) is 10.6 Å². The number of aromatic nitrogens is 2. The van der Waals surface area contributed by atoms with E-state index in [1.807, 2.05) is 48.7 Å². The normalized spacial score (nSPS) is 16.1. The molecule has 0 bridgehead atoms. The van der Waals surface area contributed by atoms with Crippen molar-refractivity contribution in [2.45, 2.75) is 52.3 Å². The van der Waals surface area contributed by atoms with Crippen molar-refractivity contribution in [2.24, 2.45) is 5.92 Å². The number of anilines is 2. The number of hydrogen-bond acceptors (Lipinski definition) is 7. The Bertz CT molecular complexity index is 1230. The average Bonchev–Trinajstić information content (AvgIpc) is 3.53. The Morgan fingerprint density at radius 2 is 2.08 bits per heavy atom. The maximum atomic E-state index is 13.0. The van der Waals surface area contributed by atoms with E-state index in [1.165, 1.54) is 7.11 Å². The first kappa shape index (κ1) is 25.5. The minimum atomic E-state index is -0.533. The Hall–Kier alpha value is -3.59.